The van der Waals surface area contributed by atoms with Crippen LogP contribution in [0.2, 0.25) is 0 Å². The lowest BCUT2D eigenvalue weighted by Gasteiger charge is -2.21. The number of carboxylic acids is 1. The smallest absolute Gasteiger partial charge is 0.341 e. The van der Waals surface area contributed by atoms with Crippen molar-refractivity contribution in [2.75, 3.05) is 26.2 Å². The van der Waals surface area contributed by atoms with Crippen LogP contribution in [0.25, 0.3) is 0 Å². The summed E-state index contributed by atoms with van der Waals surface area (Å²) >= 11 is 3.69. The van der Waals surface area contributed by atoms with Crippen LogP contribution in [0.15, 0.2) is 6.07 Å². The summed E-state index contributed by atoms with van der Waals surface area (Å²) in [4.78, 5) is 16.3. The number of pyridine rings is 1. The van der Waals surface area contributed by atoms with Gasteiger partial charge in [-0.2, -0.15) is 9.37 Å². The Bertz CT molecular complexity index is 529. The van der Waals surface area contributed by atoms with Crippen LogP contribution < -0.4 is 4.74 Å². The highest BCUT2D eigenvalue weighted by Gasteiger charge is 2.10. The maximum Gasteiger partial charge on any atom is 0.341 e. The molecule has 0 aliphatic rings. The van der Waals surface area contributed by atoms with E-state index in [9.17, 15) is 9.18 Å². The normalized spacial score (nSPS) is 10.5. The summed E-state index contributed by atoms with van der Waals surface area (Å²) in [6, 6.07) is 1.53. The molecule has 1 N–H and O–H groups in total. The second kappa shape index (κ2) is 16.7. The molecule has 0 spiro atoms. The van der Waals surface area contributed by atoms with Gasteiger partial charge in [0.25, 0.3) is 0 Å². The van der Waals surface area contributed by atoms with E-state index in [1.165, 1.54) is 64.2 Å². The number of carbonyl (C=O) groups is 1. The van der Waals surface area contributed by atoms with Crippen molar-refractivity contribution in [1.82, 2.24) is 9.88 Å². The Morgan fingerprint density at radius 3 is 1.96 bits per heavy atom. The van der Waals surface area contributed by atoms with E-state index in [4.69, 9.17) is 9.84 Å². The Labute approximate surface area is 189 Å². The number of hydrogen-bond acceptors (Lipinski definition) is 4. The van der Waals surface area contributed by atoms with Gasteiger partial charge in [0, 0.05) is 0 Å². The molecular formula is C19H31FI2N2O3. The van der Waals surface area contributed by atoms with E-state index in [0.717, 1.165) is 0 Å². The summed E-state index contributed by atoms with van der Waals surface area (Å²) < 4.78 is 18.7. The molecule has 0 atom stereocenters. The minimum absolute atomic E-state index is 0.00548. The molecule has 156 valence electrons. The molecule has 0 aromatic carbocycles. The quantitative estimate of drug-likeness (QED) is 0.248. The van der Waals surface area contributed by atoms with Gasteiger partial charge in [0.2, 0.25) is 11.8 Å². The molecule has 1 heterocycles. The maximum absolute atomic E-state index is 12.9. The first-order valence-corrected chi connectivity index (χ1v) is 11.6. The average molecular weight is 608 g/mol. The maximum atomic E-state index is 12.9. The van der Waals surface area contributed by atoms with Gasteiger partial charge < -0.3 is 14.7 Å². The highest BCUT2D eigenvalue weighted by atomic mass is 127. The molecule has 0 saturated carbocycles. The molecule has 0 aliphatic heterocycles. The first-order chi connectivity index (χ1) is 12.8. The number of rotatable bonds is 12. The lowest BCUT2D eigenvalue weighted by atomic mass is 10.2. The Morgan fingerprint density at radius 1 is 1.07 bits per heavy atom. The van der Waals surface area contributed by atoms with E-state index >= 15 is 0 Å². The van der Waals surface area contributed by atoms with Gasteiger partial charge >= 0.3 is 5.97 Å². The van der Waals surface area contributed by atoms with E-state index in [-0.39, 0.29) is 5.88 Å². The summed E-state index contributed by atoms with van der Waals surface area (Å²) in [5.74, 6) is -1.78. The molecule has 0 fully saturated rings. The van der Waals surface area contributed by atoms with Crippen molar-refractivity contribution in [2.24, 2.45) is 0 Å². The molecule has 0 amide bonds. The van der Waals surface area contributed by atoms with Crippen LogP contribution in [0.1, 0.15) is 59.3 Å². The predicted molar refractivity (Wildman–Crippen MR) is 124 cm³/mol. The SMILES string of the molecule is CCCCN(CCCC)CCCC.O=C(O)COc1nc(F)c(I)cc1I. The van der Waals surface area contributed by atoms with Crippen LogP contribution in [0.4, 0.5) is 4.39 Å². The number of nitrogens with zero attached hydrogens (tertiary/aromatic N) is 2. The zero-order valence-electron chi connectivity index (χ0n) is 16.4. The standard InChI is InChI=1S/C12H27N.C7H4FI2NO3/c1-4-7-10-13(11-8-5-2)12-9-6-3;8-6-3(9)1-4(10)7(11-6)14-2-5(12)13/h4-12H2,1-3H3;1H,2H2,(H,12,13). The molecule has 0 unspecified atom stereocenters. The Morgan fingerprint density at radius 2 is 1.56 bits per heavy atom. The van der Waals surface area contributed by atoms with Crippen LogP contribution in [0.5, 0.6) is 5.88 Å². The van der Waals surface area contributed by atoms with Crippen molar-refractivity contribution >= 4 is 51.2 Å². The highest BCUT2D eigenvalue weighted by Crippen LogP contribution is 2.21. The van der Waals surface area contributed by atoms with Crippen LogP contribution in [-0.2, 0) is 4.79 Å². The lowest BCUT2D eigenvalue weighted by molar-refractivity contribution is -0.139. The van der Waals surface area contributed by atoms with Gasteiger partial charge in [-0.05, 0) is 90.1 Å². The molecule has 1 aromatic heterocycles. The summed E-state index contributed by atoms with van der Waals surface area (Å²) in [5, 5.41) is 8.34. The fourth-order valence-corrected chi connectivity index (χ4v) is 3.76. The highest BCUT2D eigenvalue weighted by molar-refractivity contribution is 14.1. The fraction of sp³-hybridized carbons (Fsp3) is 0.684. The second-order valence-corrected chi connectivity index (χ2v) is 8.46. The van der Waals surface area contributed by atoms with Gasteiger partial charge in [0.05, 0.1) is 7.14 Å². The molecule has 8 heteroatoms. The van der Waals surface area contributed by atoms with E-state index < -0.39 is 18.5 Å². The third kappa shape index (κ3) is 13.6. The van der Waals surface area contributed by atoms with Gasteiger partial charge in [0.15, 0.2) is 6.61 Å². The fourth-order valence-electron chi connectivity index (χ4n) is 2.14. The van der Waals surface area contributed by atoms with Gasteiger partial charge in [-0.3, -0.25) is 0 Å². The molecule has 0 saturated heterocycles. The van der Waals surface area contributed by atoms with Crippen molar-refractivity contribution in [3.8, 4) is 5.88 Å². The number of halogens is 3. The molecular weight excluding hydrogens is 577 g/mol. The lowest BCUT2D eigenvalue weighted by Crippen LogP contribution is -2.27. The molecule has 1 aromatic rings. The third-order valence-electron chi connectivity index (χ3n) is 3.67. The minimum Gasteiger partial charge on any atom is -0.479 e. The summed E-state index contributed by atoms with van der Waals surface area (Å²) in [5.41, 5.74) is 0. The minimum atomic E-state index is -1.12. The number of carboxylic acid groups (broad SMARTS) is 1. The Kier molecular flexibility index (Phi) is 16.6. The number of aliphatic carboxylic acids is 1. The Balaban J connectivity index is 0.000000503. The monoisotopic (exact) mass is 608 g/mol. The Hall–Kier alpha value is -0.230. The van der Waals surface area contributed by atoms with Gasteiger partial charge in [0.1, 0.15) is 0 Å². The van der Waals surface area contributed by atoms with Crippen molar-refractivity contribution in [3.05, 3.63) is 19.2 Å². The van der Waals surface area contributed by atoms with Crippen molar-refractivity contribution in [3.63, 3.8) is 0 Å². The van der Waals surface area contributed by atoms with Crippen LogP contribution in [0, 0.1) is 13.1 Å². The van der Waals surface area contributed by atoms with Crippen molar-refractivity contribution < 1.29 is 19.0 Å². The average Bonchev–Trinajstić information content (AvgIpc) is 2.63. The van der Waals surface area contributed by atoms with E-state index in [2.05, 4.69) is 30.7 Å². The van der Waals surface area contributed by atoms with Gasteiger partial charge in [-0.1, -0.05) is 40.0 Å². The van der Waals surface area contributed by atoms with Gasteiger partial charge in [-0.25, -0.2) is 4.79 Å². The third-order valence-corrected chi connectivity index (χ3v) is 5.20. The molecule has 0 aliphatic carbocycles. The predicted octanol–water partition coefficient (Wildman–Crippen LogP) is 5.58. The molecule has 1 rings (SSSR count). The van der Waals surface area contributed by atoms with Crippen molar-refractivity contribution in [1.29, 1.82) is 0 Å². The number of aromatic nitrogens is 1. The summed E-state index contributed by atoms with van der Waals surface area (Å²) in [7, 11) is 0. The van der Waals surface area contributed by atoms with Crippen LogP contribution >= 0.6 is 45.2 Å². The zero-order valence-corrected chi connectivity index (χ0v) is 20.8. The molecule has 27 heavy (non-hydrogen) atoms. The topological polar surface area (TPSA) is 62.7 Å². The van der Waals surface area contributed by atoms with E-state index in [1.54, 1.807) is 22.6 Å². The first kappa shape index (κ1) is 26.8. The zero-order chi connectivity index (χ0) is 20.7. The van der Waals surface area contributed by atoms with E-state index in [0.29, 0.717) is 7.14 Å². The summed E-state index contributed by atoms with van der Waals surface area (Å²) in [6.07, 6.45) is 8.09. The van der Waals surface area contributed by atoms with Crippen molar-refractivity contribution in [2.45, 2.75) is 59.3 Å². The van der Waals surface area contributed by atoms with Crippen LogP contribution in [0.3, 0.4) is 0 Å². The molecule has 5 nitrogen and oxygen atoms in total. The molecule has 0 radical (unpaired) electrons. The summed E-state index contributed by atoms with van der Waals surface area (Å²) in [6.45, 7) is 10.2. The largest absolute Gasteiger partial charge is 0.479 e. The second-order valence-electron chi connectivity index (χ2n) is 6.13. The number of ether oxygens (including phenoxy) is 1. The van der Waals surface area contributed by atoms with Gasteiger partial charge in [-0.15, -0.1) is 0 Å². The molecule has 0 bridgehead atoms. The first-order valence-electron chi connectivity index (χ1n) is 9.44. The van der Waals surface area contributed by atoms with Crippen LogP contribution in [-0.4, -0.2) is 47.2 Å². The number of hydrogen-bond donors (Lipinski definition) is 1. The number of unbranched alkanes of at least 4 members (excludes halogenated alkanes) is 3. The van der Waals surface area contributed by atoms with E-state index in [1.807, 2.05) is 22.6 Å².